The van der Waals surface area contributed by atoms with Gasteiger partial charge in [0.25, 0.3) is 0 Å². The van der Waals surface area contributed by atoms with E-state index < -0.39 is 6.04 Å². The van der Waals surface area contributed by atoms with Gasteiger partial charge in [-0.3, -0.25) is 0 Å². The van der Waals surface area contributed by atoms with Crippen LogP contribution in [0.1, 0.15) is 16.7 Å². The summed E-state index contributed by atoms with van der Waals surface area (Å²) in [5.74, 6) is 0.339. The number of esters is 1. The second kappa shape index (κ2) is 6.38. The van der Waals surface area contributed by atoms with Gasteiger partial charge in [0.15, 0.2) is 6.04 Å². The van der Waals surface area contributed by atoms with Crippen molar-refractivity contribution in [3.8, 4) is 5.75 Å². The summed E-state index contributed by atoms with van der Waals surface area (Å²) >= 11 is 1.50. The van der Waals surface area contributed by atoms with Gasteiger partial charge in [0.1, 0.15) is 5.75 Å². The third-order valence-electron chi connectivity index (χ3n) is 2.75. The first-order valence-electron chi connectivity index (χ1n) is 6.04. The molecule has 0 bridgehead atoms. The van der Waals surface area contributed by atoms with Crippen molar-refractivity contribution >= 4 is 23.0 Å². The van der Waals surface area contributed by atoms with Gasteiger partial charge in [-0.2, -0.15) is 0 Å². The number of carbonyl (C=O) groups is 1. The third kappa shape index (κ3) is 3.27. The monoisotopic (exact) mass is 292 g/mol. The Kier molecular flexibility index (Phi) is 4.57. The number of hydrogen-bond donors (Lipinski definition) is 1. The molecular formula is C14H16N2O3S. The molecular weight excluding hydrogens is 276 g/mol. The van der Waals surface area contributed by atoms with Gasteiger partial charge in [-0.15, -0.1) is 11.3 Å². The number of thiazole rings is 1. The average Bonchev–Trinajstić information content (AvgIpc) is 2.90. The number of anilines is 1. The molecule has 1 N–H and O–H groups in total. The van der Waals surface area contributed by atoms with Crippen LogP contribution in [0.2, 0.25) is 0 Å². The van der Waals surface area contributed by atoms with E-state index in [0.29, 0.717) is 11.4 Å². The quantitative estimate of drug-likeness (QED) is 0.859. The van der Waals surface area contributed by atoms with Gasteiger partial charge in [0.05, 0.1) is 24.9 Å². The minimum absolute atomic E-state index is 0.377. The lowest BCUT2D eigenvalue weighted by molar-refractivity contribution is -0.141. The molecule has 0 aliphatic heterocycles. The molecule has 1 atom stereocenters. The Hall–Kier alpha value is -2.08. The number of ether oxygens (including phenoxy) is 2. The zero-order valence-electron chi connectivity index (χ0n) is 11.5. The molecule has 106 valence electrons. The molecule has 0 saturated carbocycles. The Bertz CT molecular complexity index is 598. The fraction of sp³-hybridized carbons (Fsp3) is 0.286. The molecule has 2 aromatic rings. The maximum absolute atomic E-state index is 11.9. The SMILES string of the molecule is COC(=O)C(Nc1cccc(OC)c1)c1csc(C)n1. The molecule has 0 amide bonds. The highest BCUT2D eigenvalue weighted by Gasteiger charge is 2.23. The van der Waals surface area contributed by atoms with E-state index in [2.05, 4.69) is 10.3 Å². The molecule has 0 fully saturated rings. The van der Waals surface area contributed by atoms with E-state index in [9.17, 15) is 4.79 Å². The lowest BCUT2D eigenvalue weighted by atomic mass is 10.2. The van der Waals surface area contributed by atoms with E-state index in [1.165, 1.54) is 18.4 Å². The summed E-state index contributed by atoms with van der Waals surface area (Å²) in [6.45, 7) is 1.90. The van der Waals surface area contributed by atoms with Crippen LogP contribution in [0.5, 0.6) is 5.75 Å². The number of benzene rings is 1. The summed E-state index contributed by atoms with van der Waals surface area (Å²) < 4.78 is 10.0. The molecule has 0 saturated heterocycles. The second-order valence-electron chi connectivity index (χ2n) is 4.12. The Morgan fingerprint density at radius 1 is 1.40 bits per heavy atom. The molecule has 1 aromatic carbocycles. The number of hydrogen-bond acceptors (Lipinski definition) is 6. The third-order valence-corrected chi connectivity index (χ3v) is 3.54. The highest BCUT2D eigenvalue weighted by molar-refractivity contribution is 7.09. The van der Waals surface area contributed by atoms with Gasteiger partial charge in [-0.05, 0) is 19.1 Å². The van der Waals surface area contributed by atoms with Crippen LogP contribution in [0, 0.1) is 6.92 Å². The normalized spacial score (nSPS) is 11.8. The standard InChI is InChI=1S/C14H16N2O3S/c1-9-15-12(8-20-9)13(14(17)19-3)16-10-5-4-6-11(7-10)18-2/h4-8,13,16H,1-3H3. The molecule has 1 aromatic heterocycles. The number of nitrogens with zero attached hydrogens (tertiary/aromatic N) is 1. The summed E-state index contributed by atoms with van der Waals surface area (Å²) in [5.41, 5.74) is 1.42. The molecule has 5 nitrogen and oxygen atoms in total. The molecule has 6 heteroatoms. The van der Waals surface area contributed by atoms with Crippen molar-refractivity contribution in [2.45, 2.75) is 13.0 Å². The largest absolute Gasteiger partial charge is 0.497 e. The number of aromatic nitrogens is 1. The Morgan fingerprint density at radius 3 is 2.80 bits per heavy atom. The molecule has 20 heavy (non-hydrogen) atoms. The van der Waals surface area contributed by atoms with Crippen molar-refractivity contribution in [1.82, 2.24) is 4.98 Å². The van der Waals surface area contributed by atoms with Crippen molar-refractivity contribution in [3.05, 3.63) is 40.3 Å². The van der Waals surface area contributed by atoms with Crippen LogP contribution in [-0.2, 0) is 9.53 Å². The topological polar surface area (TPSA) is 60.5 Å². The van der Waals surface area contributed by atoms with Gasteiger partial charge in [0.2, 0.25) is 0 Å². The molecule has 0 radical (unpaired) electrons. The zero-order chi connectivity index (χ0) is 14.5. The molecule has 0 aliphatic rings. The molecule has 1 unspecified atom stereocenters. The number of methoxy groups -OCH3 is 2. The van der Waals surface area contributed by atoms with Crippen molar-refractivity contribution in [2.75, 3.05) is 19.5 Å². The van der Waals surface area contributed by atoms with Crippen molar-refractivity contribution in [3.63, 3.8) is 0 Å². The summed E-state index contributed by atoms with van der Waals surface area (Å²) in [6, 6.07) is 6.73. The summed E-state index contributed by atoms with van der Waals surface area (Å²) in [5, 5.41) is 5.88. The number of carbonyl (C=O) groups excluding carboxylic acids is 1. The average molecular weight is 292 g/mol. The first kappa shape index (κ1) is 14.3. The van der Waals surface area contributed by atoms with E-state index in [0.717, 1.165) is 10.7 Å². The predicted molar refractivity (Wildman–Crippen MR) is 78.2 cm³/mol. The van der Waals surface area contributed by atoms with Crippen LogP contribution < -0.4 is 10.1 Å². The van der Waals surface area contributed by atoms with Crippen molar-refractivity contribution in [1.29, 1.82) is 0 Å². The smallest absolute Gasteiger partial charge is 0.334 e. The highest BCUT2D eigenvalue weighted by atomic mass is 32.1. The van der Waals surface area contributed by atoms with Crippen molar-refractivity contribution in [2.24, 2.45) is 0 Å². The van der Waals surface area contributed by atoms with Crippen LogP contribution >= 0.6 is 11.3 Å². The first-order valence-corrected chi connectivity index (χ1v) is 6.92. The highest BCUT2D eigenvalue weighted by Crippen LogP contribution is 2.24. The van der Waals surface area contributed by atoms with E-state index in [1.54, 1.807) is 7.11 Å². The predicted octanol–water partition coefficient (Wildman–Crippen LogP) is 2.79. The number of aryl methyl sites for hydroxylation is 1. The number of nitrogens with one attached hydrogen (secondary N) is 1. The molecule has 0 aliphatic carbocycles. The maximum Gasteiger partial charge on any atom is 0.334 e. The Morgan fingerprint density at radius 2 is 2.20 bits per heavy atom. The van der Waals surface area contributed by atoms with E-state index in [4.69, 9.17) is 9.47 Å². The van der Waals surface area contributed by atoms with Crippen molar-refractivity contribution < 1.29 is 14.3 Å². The lowest BCUT2D eigenvalue weighted by Gasteiger charge is -2.16. The van der Waals surface area contributed by atoms with Gasteiger partial charge in [-0.25, -0.2) is 9.78 Å². The van der Waals surface area contributed by atoms with Gasteiger partial charge >= 0.3 is 5.97 Å². The molecule has 2 rings (SSSR count). The van der Waals surface area contributed by atoms with Crippen LogP contribution in [0.15, 0.2) is 29.6 Å². The van der Waals surface area contributed by atoms with E-state index in [-0.39, 0.29) is 5.97 Å². The minimum Gasteiger partial charge on any atom is -0.497 e. The van der Waals surface area contributed by atoms with Gasteiger partial charge < -0.3 is 14.8 Å². The van der Waals surface area contributed by atoms with Crippen LogP contribution in [0.4, 0.5) is 5.69 Å². The van der Waals surface area contributed by atoms with Gasteiger partial charge in [-0.1, -0.05) is 6.07 Å². The van der Waals surface area contributed by atoms with Crippen LogP contribution in [0.3, 0.4) is 0 Å². The van der Waals surface area contributed by atoms with Gasteiger partial charge in [0, 0.05) is 17.1 Å². The number of rotatable bonds is 5. The zero-order valence-corrected chi connectivity index (χ0v) is 12.4. The Labute approximate surface area is 121 Å². The first-order chi connectivity index (χ1) is 9.63. The summed E-state index contributed by atoms with van der Waals surface area (Å²) in [6.07, 6.45) is 0. The van der Waals surface area contributed by atoms with Crippen LogP contribution in [-0.4, -0.2) is 25.2 Å². The fourth-order valence-electron chi connectivity index (χ4n) is 1.76. The van der Waals surface area contributed by atoms with E-state index >= 15 is 0 Å². The summed E-state index contributed by atoms with van der Waals surface area (Å²) in [7, 11) is 2.96. The minimum atomic E-state index is -0.628. The summed E-state index contributed by atoms with van der Waals surface area (Å²) in [4.78, 5) is 16.3. The van der Waals surface area contributed by atoms with Crippen LogP contribution in [0.25, 0.3) is 0 Å². The molecule has 1 heterocycles. The fourth-order valence-corrected chi connectivity index (χ4v) is 2.40. The Balaban J connectivity index is 2.25. The van der Waals surface area contributed by atoms with E-state index in [1.807, 2.05) is 36.6 Å². The lowest BCUT2D eigenvalue weighted by Crippen LogP contribution is -2.22. The maximum atomic E-state index is 11.9. The molecule has 0 spiro atoms. The second-order valence-corrected chi connectivity index (χ2v) is 5.19.